The molecule has 0 atom stereocenters. The summed E-state index contributed by atoms with van der Waals surface area (Å²) in [5.74, 6) is 0.444. The van der Waals surface area contributed by atoms with Crippen LogP contribution in [0.25, 0.3) is 0 Å². The molecule has 1 saturated carbocycles. The minimum atomic E-state index is -0.447. The number of benzene rings is 1. The highest BCUT2D eigenvalue weighted by Crippen LogP contribution is 2.39. The molecule has 1 aromatic carbocycles. The zero-order chi connectivity index (χ0) is 12.5. The summed E-state index contributed by atoms with van der Waals surface area (Å²) >= 11 is 3.44. The minimum absolute atomic E-state index is 0.170. The molecule has 2 rings (SSSR count). The van der Waals surface area contributed by atoms with E-state index in [-0.39, 0.29) is 11.6 Å². The number of hydrogen-bond acceptors (Lipinski definition) is 2. The highest BCUT2D eigenvalue weighted by atomic mass is 79.9. The lowest BCUT2D eigenvalue weighted by atomic mass is 9.67. The number of Topliss-reactive ketones (excluding diaryl/α,β-unsaturated/α-hetero) is 2. The molecule has 0 bridgehead atoms. The van der Waals surface area contributed by atoms with Crippen molar-refractivity contribution in [2.45, 2.75) is 38.0 Å². The van der Waals surface area contributed by atoms with Gasteiger partial charge in [-0.3, -0.25) is 9.59 Å². The van der Waals surface area contributed by atoms with Gasteiger partial charge in [0.15, 0.2) is 0 Å². The van der Waals surface area contributed by atoms with Gasteiger partial charge in [-0.1, -0.05) is 28.1 Å². The van der Waals surface area contributed by atoms with Gasteiger partial charge < -0.3 is 0 Å². The maximum absolute atomic E-state index is 12.0. The van der Waals surface area contributed by atoms with Crippen LogP contribution in [0.5, 0.6) is 0 Å². The maximum Gasteiger partial charge on any atom is 0.140 e. The molecule has 0 aliphatic heterocycles. The Labute approximate surface area is 110 Å². The highest BCUT2D eigenvalue weighted by molar-refractivity contribution is 9.10. The van der Waals surface area contributed by atoms with Crippen LogP contribution in [-0.4, -0.2) is 11.6 Å². The van der Waals surface area contributed by atoms with Gasteiger partial charge in [0.25, 0.3) is 0 Å². The molecule has 0 heterocycles. The van der Waals surface area contributed by atoms with E-state index in [1.54, 1.807) is 6.92 Å². The lowest BCUT2D eigenvalue weighted by Crippen LogP contribution is -2.38. The standard InChI is InChI=1S/C14H15BrO2/c1-10(16)14(7-5-13(17)6-8-14)11-3-2-4-12(15)9-11/h2-4,9H,5-8H2,1H3. The molecular formula is C14H15BrO2. The van der Waals surface area contributed by atoms with E-state index < -0.39 is 5.41 Å². The molecule has 0 saturated heterocycles. The Kier molecular flexibility index (Phi) is 3.48. The van der Waals surface area contributed by atoms with Crippen molar-refractivity contribution < 1.29 is 9.59 Å². The van der Waals surface area contributed by atoms with Gasteiger partial charge in [0.05, 0.1) is 5.41 Å². The van der Waals surface area contributed by atoms with E-state index in [4.69, 9.17) is 0 Å². The second kappa shape index (κ2) is 4.73. The molecule has 1 aliphatic rings. The summed E-state index contributed by atoms with van der Waals surface area (Å²) in [6.45, 7) is 1.64. The first-order valence-corrected chi connectivity index (χ1v) is 6.63. The average molecular weight is 295 g/mol. The monoisotopic (exact) mass is 294 g/mol. The lowest BCUT2D eigenvalue weighted by Gasteiger charge is -2.35. The Balaban J connectivity index is 2.41. The third kappa shape index (κ3) is 2.34. The molecule has 1 aliphatic carbocycles. The van der Waals surface area contributed by atoms with Crippen molar-refractivity contribution in [1.82, 2.24) is 0 Å². The molecule has 17 heavy (non-hydrogen) atoms. The summed E-state index contributed by atoms with van der Waals surface area (Å²) in [6, 6.07) is 7.88. The number of hydrogen-bond donors (Lipinski definition) is 0. The molecule has 1 aromatic rings. The van der Waals surface area contributed by atoms with Gasteiger partial charge in [0.2, 0.25) is 0 Å². The van der Waals surface area contributed by atoms with E-state index in [9.17, 15) is 9.59 Å². The second-order valence-corrected chi connectivity index (χ2v) is 5.60. The zero-order valence-electron chi connectivity index (χ0n) is 9.83. The van der Waals surface area contributed by atoms with Crippen molar-refractivity contribution in [2.24, 2.45) is 0 Å². The van der Waals surface area contributed by atoms with Crippen molar-refractivity contribution >= 4 is 27.5 Å². The van der Waals surface area contributed by atoms with Gasteiger partial charge in [0, 0.05) is 17.3 Å². The molecule has 0 N–H and O–H groups in total. The van der Waals surface area contributed by atoms with E-state index in [1.807, 2.05) is 24.3 Å². The Bertz CT molecular complexity index is 455. The average Bonchev–Trinajstić information content (AvgIpc) is 2.30. The highest BCUT2D eigenvalue weighted by Gasteiger charge is 2.40. The Morgan fingerprint density at radius 3 is 2.47 bits per heavy atom. The van der Waals surface area contributed by atoms with Gasteiger partial charge in [-0.25, -0.2) is 0 Å². The molecule has 0 radical (unpaired) electrons. The molecular weight excluding hydrogens is 280 g/mol. The second-order valence-electron chi connectivity index (χ2n) is 4.69. The summed E-state index contributed by atoms with van der Waals surface area (Å²) in [5.41, 5.74) is 0.587. The predicted octanol–water partition coefficient (Wildman–Crippen LogP) is 3.42. The molecule has 1 fully saturated rings. The largest absolute Gasteiger partial charge is 0.300 e. The van der Waals surface area contributed by atoms with Crippen molar-refractivity contribution in [3.05, 3.63) is 34.3 Å². The lowest BCUT2D eigenvalue weighted by molar-refractivity contribution is -0.127. The fraction of sp³-hybridized carbons (Fsp3) is 0.429. The topological polar surface area (TPSA) is 34.1 Å². The number of carbonyl (C=O) groups is 2. The third-order valence-electron chi connectivity index (χ3n) is 3.71. The van der Waals surface area contributed by atoms with Crippen molar-refractivity contribution in [3.63, 3.8) is 0 Å². The van der Waals surface area contributed by atoms with Gasteiger partial charge >= 0.3 is 0 Å². The minimum Gasteiger partial charge on any atom is -0.300 e. The summed E-state index contributed by atoms with van der Waals surface area (Å²) in [6.07, 6.45) is 2.34. The molecule has 0 unspecified atom stereocenters. The Morgan fingerprint density at radius 2 is 1.94 bits per heavy atom. The molecule has 0 aromatic heterocycles. The fourth-order valence-electron chi connectivity index (χ4n) is 2.59. The van der Waals surface area contributed by atoms with E-state index in [0.29, 0.717) is 25.7 Å². The van der Waals surface area contributed by atoms with Crippen LogP contribution in [0.4, 0.5) is 0 Å². The number of rotatable bonds is 2. The van der Waals surface area contributed by atoms with Crippen LogP contribution in [0.2, 0.25) is 0 Å². The van der Waals surface area contributed by atoms with Crippen molar-refractivity contribution in [1.29, 1.82) is 0 Å². The Morgan fingerprint density at radius 1 is 1.29 bits per heavy atom. The number of carbonyl (C=O) groups excluding carboxylic acids is 2. The van der Waals surface area contributed by atoms with E-state index in [1.165, 1.54) is 0 Å². The van der Waals surface area contributed by atoms with Crippen LogP contribution in [0.1, 0.15) is 38.2 Å². The first-order chi connectivity index (χ1) is 8.04. The van der Waals surface area contributed by atoms with Crippen molar-refractivity contribution in [3.8, 4) is 0 Å². The van der Waals surface area contributed by atoms with E-state index >= 15 is 0 Å². The van der Waals surface area contributed by atoms with Gasteiger partial charge in [-0.15, -0.1) is 0 Å². The predicted molar refractivity (Wildman–Crippen MR) is 70.0 cm³/mol. The van der Waals surface area contributed by atoms with Crippen LogP contribution >= 0.6 is 15.9 Å². The van der Waals surface area contributed by atoms with Gasteiger partial charge in [0.1, 0.15) is 11.6 Å². The molecule has 2 nitrogen and oxygen atoms in total. The molecule has 90 valence electrons. The van der Waals surface area contributed by atoms with Crippen LogP contribution < -0.4 is 0 Å². The SMILES string of the molecule is CC(=O)C1(c2cccc(Br)c2)CCC(=O)CC1. The van der Waals surface area contributed by atoms with Crippen LogP contribution in [0, 0.1) is 0 Å². The van der Waals surface area contributed by atoms with E-state index in [0.717, 1.165) is 10.0 Å². The maximum atomic E-state index is 12.0. The number of halogens is 1. The van der Waals surface area contributed by atoms with Gasteiger partial charge in [-0.05, 0) is 37.5 Å². The summed E-state index contributed by atoms with van der Waals surface area (Å²) in [7, 11) is 0. The first-order valence-electron chi connectivity index (χ1n) is 5.83. The summed E-state index contributed by atoms with van der Waals surface area (Å²) < 4.78 is 0.979. The first kappa shape index (κ1) is 12.5. The van der Waals surface area contributed by atoms with Crippen LogP contribution in [0.3, 0.4) is 0 Å². The number of ketones is 2. The fourth-order valence-corrected chi connectivity index (χ4v) is 2.99. The summed E-state index contributed by atoms with van der Waals surface area (Å²) in [4.78, 5) is 23.4. The molecule has 0 spiro atoms. The van der Waals surface area contributed by atoms with E-state index in [2.05, 4.69) is 15.9 Å². The van der Waals surface area contributed by atoms with Crippen LogP contribution in [-0.2, 0) is 15.0 Å². The summed E-state index contributed by atoms with van der Waals surface area (Å²) in [5, 5.41) is 0. The third-order valence-corrected chi connectivity index (χ3v) is 4.21. The molecule has 3 heteroatoms. The van der Waals surface area contributed by atoms with Crippen LogP contribution in [0.15, 0.2) is 28.7 Å². The smallest absolute Gasteiger partial charge is 0.140 e. The normalized spacial score (nSPS) is 19.1. The van der Waals surface area contributed by atoms with Gasteiger partial charge in [-0.2, -0.15) is 0 Å². The Hall–Kier alpha value is -0.960. The molecule has 0 amide bonds. The zero-order valence-corrected chi connectivity index (χ0v) is 11.4. The van der Waals surface area contributed by atoms with Crippen molar-refractivity contribution in [2.75, 3.05) is 0 Å². The quantitative estimate of drug-likeness (QED) is 0.837.